The number of ether oxygens (including phenoxy) is 2. The molecule has 0 aromatic carbocycles. The molecule has 19 heavy (non-hydrogen) atoms. The molecule has 0 fully saturated rings. The Labute approximate surface area is 120 Å². The van der Waals surface area contributed by atoms with Crippen LogP contribution in [0.1, 0.15) is 19.8 Å². The third-order valence-electron chi connectivity index (χ3n) is 2.22. The molecule has 0 spiro atoms. The zero-order chi connectivity index (χ0) is 14.3. The predicted octanol–water partition coefficient (Wildman–Crippen LogP) is 0.0298. The summed E-state index contributed by atoms with van der Waals surface area (Å²) in [6, 6.07) is 0. The highest BCUT2D eigenvalue weighted by atomic mass is 32.1. The van der Waals surface area contributed by atoms with Crippen LogP contribution in [0.25, 0.3) is 0 Å². The summed E-state index contributed by atoms with van der Waals surface area (Å²) in [6.07, 6.45) is 1.30. The summed E-state index contributed by atoms with van der Waals surface area (Å²) in [7, 11) is 1.60. The zero-order valence-corrected chi connectivity index (χ0v) is 12.6. The van der Waals surface area contributed by atoms with Gasteiger partial charge in [-0.2, -0.15) is 0 Å². The third kappa shape index (κ3) is 13.3. The van der Waals surface area contributed by atoms with Crippen LogP contribution in [0.5, 0.6) is 0 Å². The Morgan fingerprint density at radius 3 is 2.53 bits per heavy atom. The largest absolute Gasteiger partial charge is 0.383 e. The van der Waals surface area contributed by atoms with E-state index in [9.17, 15) is 4.79 Å². The molecule has 0 aromatic rings. The van der Waals surface area contributed by atoms with E-state index in [0.29, 0.717) is 31.2 Å². The van der Waals surface area contributed by atoms with Gasteiger partial charge in [-0.15, -0.1) is 0 Å². The van der Waals surface area contributed by atoms with Crippen molar-refractivity contribution in [3.05, 3.63) is 0 Å². The lowest BCUT2D eigenvalue weighted by atomic mass is 10.4. The maximum atomic E-state index is 11.3. The standard InChI is InChI=1S/C12H25N3O3S/c1-3-18-9-4-6-14-12(19)15-7-5-11(16)13-8-10-17-2/h3-10H2,1-2H3,(H,13,16)(H2,14,15,19). The molecule has 0 aromatic heterocycles. The van der Waals surface area contributed by atoms with Gasteiger partial charge in [0.25, 0.3) is 0 Å². The Bertz CT molecular complexity index is 252. The Morgan fingerprint density at radius 1 is 1.11 bits per heavy atom. The molecule has 0 atom stereocenters. The summed E-state index contributed by atoms with van der Waals surface area (Å²) >= 11 is 5.08. The fourth-order valence-electron chi connectivity index (χ4n) is 1.25. The zero-order valence-electron chi connectivity index (χ0n) is 11.8. The minimum atomic E-state index is -0.0105. The van der Waals surface area contributed by atoms with Crippen LogP contribution in [-0.4, -0.2) is 57.6 Å². The minimum absolute atomic E-state index is 0.0105. The molecule has 0 bridgehead atoms. The number of carbonyl (C=O) groups is 1. The monoisotopic (exact) mass is 291 g/mol. The topological polar surface area (TPSA) is 71.6 Å². The molecule has 3 N–H and O–H groups in total. The second-order valence-corrected chi connectivity index (χ2v) is 4.23. The smallest absolute Gasteiger partial charge is 0.221 e. The Balaban J connectivity index is 3.34. The second kappa shape index (κ2) is 13.5. The van der Waals surface area contributed by atoms with Gasteiger partial charge in [0.15, 0.2) is 5.11 Å². The number of hydrogen-bond donors (Lipinski definition) is 3. The number of amides is 1. The molecule has 0 aliphatic heterocycles. The molecule has 7 heteroatoms. The minimum Gasteiger partial charge on any atom is -0.383 e. The molecule has 0 radical (unpaired) electrons. The van der Waals surface area contributed by atoms with Crippen molar-refractivity contribution in [1.82, 2.24) is 16.0 Å². The highest BCUT2D eigenvalue weighted by molar-refractivity contribution is 7.80. The Hall–Kier alpha value is -0.920. The molecular weight excluding hydrogens is 266 g/mol. The molecule has 0 aliphatic rings. The number of methoxy groups -OCH3 is 1. The lowest BCUT2D eigenvalue weighted by molar-refractivity contribution is -0.121. The van der Waals surface area contributed by atoms with E-state index in [2.05, 4.69) is 16.0 Å². The van der Waals surface area contributed by atoms with Crippen LogP contribution < -0.4 is 16.0 Å². The molecule has 0 rings (SSSR count). The number of hydrogen-bond acceptors (Lipinski definition) is 4. The van der Waals surface area contributed by atoms with Gasteiger partial charge in [0, 0.05) is 46.4 Å². The molecule has 0 heterocycles. The Kier molecular flexibility index (Phi) is 12.9. The normalized spacial score (nSPS) is 10.0. The molecule has 1 amide bonds. The summed E-state index contributed by atoms with van der Waals surface area (Å²) in [5.74, 6) is -0.0105. The highest BCUT2D eigenvalue weighted by Crippen LogP contribution is 1.81. The summed E-state index contributed by atoms with van der Waals surface area (Å²) < 4.78 is 10.0. The number of nitrogens with one attached hydrogen (secondary N) is 3. The molecular formula is C12H25N3O3S. The van der Waals surface area contributed by atoms with Gasteiger partial charge in [-0.05, 0) is 25.6 Å². The SMILES string of the molecule is CCOCCCNC(=S)NCCC(=O)NCCOC. The number of thiocarbonyl (C=S) groups is 1. The van der Waals surface area contributed by atoms with Crippen molar-refractivity contribution in [3.8, 4) is 0 Å². The van der Waals surface area contributed by atoms with Gasteiger partial charge in [0.2, 0.25) is 5.91 Å². The van der Waals surface area contributed by atoms with E-state index in [-0.39, 0.29) is 5.91 Å². The van der Waals surface area contributed by atoms with E-state index in [1.165, 1.54) is 0 Å². The van der Waals surface area contributed by atoms with Gasteiger partial charge in [-0.25, -0.2) is 0 Å². The van der Waals surface area contributed by atoms with Gasteiger partial charge in [0.05, 0.1) is 6.61 Å². The van der Waals surface area contributed by atoms with E-state index in [0.717, 1.165) is 26.2 Å². The Morgan fingerprint density at radius 2 is 1.84 bits per heavy atom. The first-order valence-electron chi connectivity index (χ1n) is 6.55. The van der Waals surface area contributed by atoms with Gasteiger partial charge >= 0.3 is 0 Å². The molecule has 0 saturated heterocycles. The molecule has 0 unspecified atom stereocenters. The predicted molar refractivity (Wildman–Crippen MR) is 79.2 cm³/mol. The van der Waals surface area contributed by atoms with Gasteiger partial charge in [0.1, 0.15) is 0 Å². The highest BCUT2D eigenvalue weighted by Gasteiger charge is 2.01. The van der Waals surface area contributed by atoms with E-state index >= 15 is 0 Å². The maximum absolute atomic E-state index is 11.3. The van der Waals surface area contributed by atoms with Crippen molar-refractivity contribution in [1.29, 1.82) is 0 Å². The van der Waals surface area contributed by atoms with E-state index < -0.39 is 0 Å². The molecule has 6 nitrogen and oxygen atoms in total. The summed E-state index contributed by atoms with van der Waals surface area (Å²) in [4.78, 5) is 11.3. The van der Waals surface area contributed by atoms with Crippen LogP contribution in [-0.2, 0) is 14.3 Å². The van der Waals surface area contributed by atoms with Crippen LogP contribution in [0.15, 0.2) is 0 Å². The lowest BCUT2D eigenvalue weighted by Gasteiger charge is -2.10. The van der Waals surface area contributed by atoms with Crippen LogP contribution in [0.2, 0.25) is 0 Å². The first kappa shape index (κ1) is 18.1. The van der Waals surface area contributed by atoms with Gasteiger partial charge in [-0.1, -0.05) is 0 Å². The average molecular weight is 291 g/mol. The van der Waals surface area contributed by atoms with Crippen molar-refractivity contribution >= 4 is 23.2 Å². The van der Waals surface area contributed by atoms with Gasteiger partial charge < -0.3 is 25.4 Å². The fourth-order valence-corrected chi connectivity index (χ4v) is 1.46. The lowest BCUT2D eigenvalue weighted by Crippen LogP contribution is -2.38. The van der Waals surface area contributed by atoms with Crippen LogP contribution >= 0.6 is 12.2 Å². The van der Waals surface area contributed by atoms with Crippen molar-refractivity contribution in [2.24, 2.45) is 0 Å². The third-order valence-corrected chi connectivity index (χ3v) is 2.51. The van der Waals surface area contributed by atoms with Crippen molar-refractivity contribution in [2.75, 3.05) is 46.6 Å². The first-order chi connectivity index (χ1) is 9.20. The molecule has 0 aliphatic carbocycles. The van der Waals surface area contributed by atoms with E-state index in [1.807, 2.05) is 6.92 Å². The van der Waals surface area contributed by atoms with Crippen LogP contribution in [0.3, 0.4) is 0 Å². The summed E-state index contributed by atoms with van der Waals surface area (Å²) in [5.41, 5.74) is 0. The van der Waals surface area contributed by atoms with Crippen LogP contribution in [0.4, 0.5) is 0 Å². The van der Waals surface area contributed by atoms with E-state index in [4.69, 9.17) is 21.7 Å². The number of rotatable bonds is 11. The molecule has 112 valence electrons. The van der Waals surface area contributed by atoms with Gasteiger partial charge in [-0.3, -0.25) is 4.79 Å². The van der Waals surface area contributed by atoms with E-state index in [1.54, 1.807) is 7.11 Å². The number of carbonyl (C=O) groups excluding carboxylic acids is 1. The summed E-state index contributed by atoms with van der Waals surface area (Å²) in [6.45, 7) is 5.79. The van der Waals surface area contributed by atoms with Crippen molar-refractivity contribution < 1.29 is 14.3 Å². The van der Waals surface area contributed by atoms with Crippen molar-refractivity contribution in [2.45, 2.75) is 19.8 Å². The average Bonchev–Trinajstić information content (AvgIpc) is 2.39. The maximum Gasteiger partial charge on any atom is 0.221 e. The summed E-state index contributed by atoms with van der Waals surface area (Å²) in [5, 5.41) is 9.35. The fraction of sp³-hybridized carbons (Fsp3) is 0.833. The van der Waals surface area contributed by atoms with Crippen molar-refractivity contribution in [3.63, 3.8) is 0 Å². The quantitative estimate of drug-likeness (QED) is 0.368. The molecule has 0 saturated carbocycles. The van der Waals surface area contributed by atoms with Crippen LogP contribution in [0, 0.1) is 0 Å². The second-order valence-electron chi connectivity index (χ2n) is 3.83. The first-order valence-corrected chi connectivity index (χ1v) is 6.96.